The van der Waals surface area contributed by atoms with Crippen molar-refractivity contribution in [3.8, 4) is 0 Å². The Labute approximate surface area is 125 Å². The lowest BCUT2D eigenvalue weighted by Gasteiger charge is -2.26. The molecule has 0 saturated heterocycles. The summed E-state index contributed by atoms with van der Waals surface area (Å²) in [5, 5.41) is 1.37. The first-order valence-electron chi connectivity index (χ1n) is 6.25. The topological polar surface area (TPSA) is 0 Å². The minimum absolute atomic E-state index is 0.205. The molecule has 2 aromatic carbocycles. The summed E-state index contributed by atoms with van der Waals surface area (Å²) in [6.45, 7) is 8.57. The molecule has 19 heavy (non-hydrogen) atoms. The van der Waals surface area contributed by atoms with Crippen molar-refractivity contribution in [3.05, 3.63) is 76.1 Å². The summed E-state index contributed by atoms with van der Waals surface area (Å²) in [7, 11) is 0. The van der Waals surface area contributed by atoms with Gasteiger partial charge in [0.05, 0.1) is 0 Å². The van der Waals surface area contributed by atoms with E-state index in [0.29, 0.717) is 10.0 Å². The van der Waals surface area contributed by atoms with Crippen molar-refractivity contribution in [1.82, 2.24) is 0 Å². The quantitative estimate of drug-likeness (QED) is 0.687. The molecular weight excluding hydrogens is 275 g/mol. The van der Waals surface area contributed by atoms with Crippen LogP contribution in [0.2, 0.25) is 10.0 Å². The van der Waals surface area contributed by atoms with E-state index in [2.05, 4.69) is 45.0 Å². The van der Waals surface area contributed by atoms with E-state index < -0.39 is 0 Å². The third-order valence-electron chi connectivity index (χ3n) is 3.31. The van der Waals surface area contributed by atoms with Crippen LogP contribution in [0.1, 0.15) is 23.6 Å². The van der Waals surface area contributed by atoms with Crippen LogP contribution in [0, 0.1) is 13.8 Å². The summed E-state index contributed by atoms with van der Waals surface area (Å²) in [5.41, 5.74) is 3.34. The van der Waals surface area contributed by atoms with E-state index in [9.17, 15) is 0 Å². The molecule has 2 heteroatoms. The zero-order valence-corrected chi connectivity index (χ0v) is 12.7. The lowest BCUT2D eigenvalue weighted by molar-refractivity contribution is 0.586. The lowest BCUT2D eigenvalue weighted by Crippen LogP contribution is -2.21. The molecule has 0 aliphatic rings. The van der Waals surface area contributed by atoms with E-state index in [1.165, 1.54) is 11.1 Å². The van der Waals surface area contributed by atoms with Crippen molar-refractivity contribution < 1.29 is 0 Å². The van der Waals surface area contributed by atoms with Gasteiger partial charge < -0.3 is 0 Å². The Morgan fingerprint density at radius 2 is 1.84 bits per heavy atom. The molecule has 0 amide bonds. The Bertz CT molecular complexity index is 586. The minimum atomic E-state index is -0.205. The fraction of sp³-hybridized carbons (Fsp3) is 0.235. The second kappa shape index (κ2) is 5.56. The van der Waals surface area contributed by atoms with Crippen LogP contribution >= 0.6 is 23.2 Å². The van der Waals surface area contributed by atoms with Crippen LogP contribution in [0.25, 0.3) is 0 Å². The molecule has 0 bridgehead atoms. The van der Waals surface area contributed by atoms with Gasteiger partial charge in [-0.1, -0.05) is 66.0 Å². The first kappa shape index (κ1) is 14.4. The lowest BCUT2D eigenvalue weighted by atomic mass is 9.79. The number of benzene rings is 2. The molecule has 0 saturated carbocycles. The highest BCUT2D eigenvalue weighted by Crippen LogP contribution is 2.31. The molecule has 2 rings (SSSR count). The maximum absolute atomic E-state index is 6.24. The van der Waals surface area contributed by atoms with Crippen LogP contribution < -0.4 is 0 Å². The Kier molecular flexibility index (Phi) is 4.23. The Balaban J connectivity index is 2.30. The summed E-state index contributed by atoms with van der Waals surface area (Å²) in [4.78, 5) is 0. The van der Waals surface area contributed by atoms with Crippen LogP contribution in [-0.2, 0) is 11.8 Å². The Hall–Kier alpha value is -0.980. The van der Waals surface area contributed by atoms with E-state index in [1.807, 2.05) is 12.1 Å². The average molecular weight is 292 g/mol. The third-order valence-corrected chi connectivity index (χ3v) is 3.90. The highest BCUT2D eigenvalue weighted by atomic mass is 35.5. The summed E-state index contributed by atoms with van der Waals surface area (Å²) >= 11 is 12.2. The molecule has 0 nitrogen and oxygen atoms in total. The molecule has 0 heterocycles. The van der Waals surface area contributed by atoms with Crippen LogP contribution in [0.15, 0.2) is 42.5 Å². The largest absolute Gasteiger partial charge is 0.0843 e. The molecule has 0 aliphatic heterocycles. The maximum atomic E-state index is 6.24. The Morgan fingerprint density at radius 1 is 1.11 bits per heavy atom. The van der Waals surface area contributed by atoms with Gasteiger partial charge in [-0.15, -0.1) is 0 Å². The van der Waals surface area contributed by atoms with Gasteiger partial charge in [-0.3, -0.25) is 0 Å². The van der Waals surface area contributed by atoms with Gasteiger partial charge in [-0.2, -0.15) is 0 Å². The van der Waals surface area contributed by atoms with Crippen molar-refractivity contribution >= 4 is 23.2 Å². The van der Waals surface area contributed by atoms with Crippen molar-refractivity contribution in [3.63, 3.8) is 0 Å². The number of hydrogen-bond donors (Lipinski definition) is 0. The van der Waals surface area contributed by atoms with E-state index >= 15 is 0 Å². The molecule has 1 atom stereocenters. The molecule has 1 radical (unpaired) electrons. The van der Waals surface area contributed by atoms with Gasteiger partial charge in [0.15, 0.2) is 0 Å². The number of hydrogen-bond acceptors (Lipinski definition) is 0. The van der Waals surface area contributed by atoms with Gasteiger partial charge in [0.2, 0.25) is 0 Å². The zero-order valence-electron chi connectivity index (χ0n) is 11.2. The smallest absolute Gasteiger partial charge is 0.0453 e. The molecule has 0 aliphatic carbocycles. The van der Waals surface area contributed by atoms with Gasteiger partial charge in [-0.05, 0) is 48.9 Å². The summed E-state index contributed by atoms with van der Waals surface area (Å²) < 4.78 is 0. The van der Waals surface area contributed by atoms with Crippen LogP contribution in [-0.4, -0.2) is 0 Å². The van der Waals surface area contributed by atoms with Crippen LogP contribution in [0.5, 0.6) is 0 Å². The predicted octanol–water partition coefficient (Wildman–Crippen LogP) is 5.64. The molecule has 1 unspecified atom stereocenters. The van der Waals surface area contributed by atoms with Crippen LogP contribution in [0.3, 0.4) is 0 Å². The standard InChI is InChI=1S/C17H17Cl2/c1-12-5-4-6-14(9-12)17(2,3)11-13-7-8-15(18)10-16(13)19/h4-10H,2,11H2,1,3H3. The first-order valence-corrected chi connectivity index (χ1v) is 7.00. The third kappa shape index (κ3) is 3.52. The van der Waals surface area contributed by atoms with E-state index in [1.54, 1.807) is 6.07 Å². The first-order chi connectivity index (χ1) is 8.88. The number of rotatable bonds is 3. The fourth-order valence-electron chi connectivity index (χ4n) is 2.21. The van der Waals surface area contributed by atoms with Gasteiger partial charge in [-0.25, -0.2) is 0 Å². The van der Waals surface area contributed by atoms with E-state index in [4.69, 9.17) is 23.2 Å². The fourth-order valence-corrected chi connectivity index (χ4v) is 2.68. The highest BCUT2D eigenvalue weighted by molar-refractivity contribution is 6.35. The maximum Gasteiger partial charge on any atom is 0.0453 e. The SMILES string of the molecule is [CH2]C(C)(Cc1ccc(Cl)cc1Cl)c1cccc(C)c1. The molecule has 0 spiro atoms. The molecule has 2 aromatic rings. The molecular formula is C17H17Cl2. The minimum Gasteiger partial charge on any atom is -0.0843 e. The van der Waals surface area contributed by atoms with Crippen molar-refractivity contribution in [1.29, 1.82) is 0 Å². The second-order valence-electron chi connectivity index (χ2n) is 5.34. The molecule has 0 N–H and O–H groups in total. The number of halogens is 2. The highest BCUT2D eigenvalue weighted by Gasteiger charge is 2.22. The van der Waals surface area contributed by atoms with Gasteiger partial charge >= 0.3 is 0 Å². The van der Waals surface area contributed by atoms with Gasteiger partial charge in [0, 0.05) is 10.0 Å². The van der Waals surface area contributed by atoms with Crippen molar-refractivity contribution in [2.45, 2.75) is 25.7 Å². The zero-order chi connectivity index (χ0) is 14.0. The van der Waals surface area contributed by atoms with Crippen molar-refractivity contribution in [2.75, 3.05) is 0 Å². The second-order valence-corrected chi connectivity index (χ2v) is 6.19. The monoisotopic (exact) mass is 291 g/mol. The number of aryl methyl sites for hydroxylation is 1. The van der Waals surface area contributed by atoms with Crippen LogP contribution in [0.4, 0.5) is 0 Å². The predicted molar refractivity (Wildman–Crippen MR) is 84.1 cm³/mol. The molecule has 0 aromatic heterocycles. The summed E-state index contributed by atoms with van der Waals surface area (Å²) in [5.74, 6) is 0. The molecule has 0 fully saturated rings. The van der Waals surface area contributed by atoms with Crippen molar-refractivity contribution in [2.24, 2.45) is 0 Å². The molecule has 99 valence electrons. The van der Waals surface area contributed by atoms with Gasteiger partial charge in [0.1, 0.15) is 0 Å². The van der Waals surface area contributed by atoms with E-state index in [0.717, 1.165) is 12.0 Å². The average Bonchev–Trinajstić information content (AvgIpc) is 2.33. The van der Waals surface area contributed by atoms with E-state index in [-0.39, 0.29) is 5.41 Å². The normalized spacial score (nSPS) is 11.6. The Morgan fingerprint density at radius 3 is 2.47 bits per heavy atom. The summed E-state index contributed by atoms with van der Waals surface area (Å²) in [6.07, 6.45) is 0.784. The summed E-state index contributed by atoms with van der Waals surface area (Å²) in [6, 6.07) is 14.1. The van der Waals surface area contributed by atoms with Gasteiger partial charge in [0.25, 0.3) is 0 Å².